The lowest BCUT2D eigenvalue weighted by Gasteiger charge is -2.31. The Hall–Kier alpha value is -3.67. The molecule has 8 nitrogen and oxygen atoms in total. The van der Waals surface area contributed by atoms with Crippen molar-refractivity contribution < 1.29 is 37.0 Å². The number of aromatic nitrogens is 2. The second kappa shape index (κ2) is 9.29. The van der Waals surface area contributed by atoms with Crippen LogP contribution in [0.25, 0.3) is 16.9 Å². The number of carbonyl (C=O) groups excluding carboxylic acids is 1. The van der Waals surface area contributed by atoms with E-state index < -0.39 is 41.7 Å². The molecule has 3 heterocycles. The monoisotopic (exact) mass is 480 g/mol. The predicted octanol–water partition coefficient (Wildman–Crippen LogP) is 3.50. The van der Waals surface area contributed by atoms with E-state index >= 15 is 8.78 Å². The molecular formula is C22H20F4N4O4. The molecule has 0 bridgehead atoms. The smallest absolute Gasteiger partial charge is 0.407 e. The Bertz CT molecular complexity index is 1240. The highest BCUT2D eigenvalue weighted by molar-refractivity contribution is 5.94. The molecular weight excluding hydrogens is 460 g/mol. The van der Waals surface area contributed by atoms with Crippen LogP contribution in [0.15, 0.2) is 30.5 Å². The minimum absolute atomic E-state index is 0.00435. The topological polar surface area (TPSA) is 96.2 Å². The lowest BCUT2D eigenvalue weighted by molar-refractivity contribution is -0.0214. The van der Waals surface area contributed by atoms with Crippen molar-refractivity contribution in [2.24, 2.45) is 0 Å². The molecule has 34 heavy (non-hydrogen) atoms. The number of ether oxygens (including phenoxy) is 1. The van der Waals surface area contributed by atoms with E-state index in [1.807, 2.05) is 0 Å². The summed E-state index contributed by atoms with van der Waals surface area (Å²) >= 11 is 0. The van der Waals surface area contributed by atoms with Crippen molar-refractivity contribution in [3.8, 4) is 11.3 Å². The van der Waals surface area contributed by atoms with Crippen LogP contribution >= 0.6 is 0 Å². The van der Waals surface area contributed by atoms with Crippen LogP contribution in [0.1, 0.15) is 28.0 Å². The van der Waals surface area contributed by atoms with E-state index in [1.54, 1.807) is 0 Å². The molecule has 1 atom stereocenters. The highest BCUT2D eigenvalue weighted by atomic mass is 19.3. The van der Waals surface area contributed by atoms with Crippen LogP contribution in [-0.2, 0) is 11.2 Å². The number of morpholine rings is 1. The molecule has 1 aliphatic heterocycles. The van der Waals surface area contributed by atoms with Crippen molar-refractivity contribution in [2.45, 2.75) is 19.0 Å². The van der Waals surface area contributed by atoms with Crippen LogP contribution in [0.2, 0.25) is 0 Å². The van der Waals surface area contributed by atoms with Gasteiger partial charge in [0.15, 0.2) is 0 Å². The number of hydrogen-bond donors (Lipinski definition) is 2. The van der Waals surface area contributed by atoms with Gasteiger partial charge in [0.25, 0.3) is 12.3 Å². The SMILES string of the molecule is CNC(=O)c1cc(F)c(-c2nc3cc(C(F)F)ccn3c2CC2CN(C(=O)O)CCO2)c(F)c1. The van der Waals surface area contributed by atoms with Gasteiger partial charge in [0.2, 0.25) is 0 Å². The Kier molecular flexibility index (Phi) is 6.42. The number of hydrogen-bond acceptors (Lipinski definition) is 4. The number of rotatable bonds is 5. The van der Waals surface area contributed by atoms with Gasteiger partial charge in [0, 0.05) is 37.3 Å². The van der Waals surface area contributed by atoms with Gasteiger partial charge in [-0.15, -0.1) is 0 Å². The molecule has 180 valence electrons. The number of carboxylic acid groups (broad SMARTS) is 1. The molecule has 0 saturated carbocycles. The Labute approximate surface area is 190 Å². The average molecular weight is 480 g/mol. The summed E-state index contributed by atoms with van der Waals surface area (Å²) in [4.78, 5) is 28.6. The summed E-state index contributed by atoms with van der Waals surface area (Å²) in [7, 11) is 1.32. The maximum absolute atomic E-state index is 15.0. The first-order valence-corrected chi connectivity index (χ1v) is 10.3. The van der Waals surface area contributed by atoms with Gasteiger partial charge in [0.1, 0.15) is 17.3 Å². The second-order valence-corrected chi connectivity index (χ2v) is 7.72. The predicted molar refractivity (Wildman–Crippen MR) is 112 cm³/mol. The molecule has 0 spiro atoms. The molecule has 2 N–H and O–H groups in total. The van der Waals surface area contributed by atoms with E-state index in [0.717, 1.165) is 23.1 Å². The van der Waals surface area contributed by atoms with Gasteiger partial charge in [-0.25, -0.2) is 27.3 Å². The number of amides is 2. The first-order valence-electron chi connectivity index (χ1n) is 10.3. The summed E-state index contributed by atoms with van der Waals surface area (Å²) in [5.74, 6) is -2.81. The normalized spacial score (nSPS) is 16.3. The molecule has 2 amide bonds. The molecule has 3 aromatic rings. The highest BCUT2D eigenvalue weighted by Gasteiger charge is 2.29. The van der Waals surface area contributed by atoms with Gasteiger partial charge in [-0.2, -0.15) is 0 Å². The third-order valence-electron chi connectivity index (χ3n) is 5.60. The molecule has 1 unspecified atom stereocenters. The van der Waals surface area contributed by atoms with Crippen LogP contribution < -0.4 is 5.32 Å². The van der Waals surface area contributed by atoms with E-state index in [4.69, 9.17) is 4.74 Å². The van der Waals surface area contributed by atoms with Crippen molar-refractivity contribution in [3.05, 3.63) is 58.9 Å². The first-order chi connectivity index (χ1) is 16.2. The van der Waals surface area contributed by atoms with Crippen molar-refractivity contribution in [1.29, 1.82) is 0 Å². The fourth-order valence-electron chi connectivity index (χ4n) is 3.95. The summed E-state index contributed by atoms with van der Waals surface area (Å²) in [6.45, 7) is 0.313. The summed E-state index contributed by atoms with van der Waals surface area (Å²) in [6, 6.07) is 3.99. The quantitative estimate of drug-likeness (QED) is 0.545. The molecule has 1 saturated heterocycles. The highest BCUT2D eigenvalue weighted by Crippen LogP contribution is 2.33. The fraction of sp³-hybridized carbons (Fsp3) is 0.318. The van der Waals surface area contributed by atoms with Crippen molar-refractivity contribution in [2.75, 3.05) is 26.7 Å². The van der Waals surface area contributed by atoms with Gasteiger partial charge in [-0.1, -0.05) is 0 Å². The molecule has 4 rings (SSSR count). The standard InChI is InChI=1S/C22H20F4N4O4/c1-27-21(31)12-6-14(23)18(15(24)7-12)19-16(9-13-10-29(22(32)33)4-5-34-13)30-3-2-11(20(25)26)8-17(30)28-19/h2-3,6-8,13,20H,4-5,9-10H2,1H3,(H,27,31)(H,32,33). The zero-order valence-corrected chi connectivity index (χ0v) is 17.9. The number of alkyl halides is 2. The Morgan fingerprint density at radius 3 is 2.59 bits per heavy atom. The lowest BCUT2D eigenvalue weighted by atomic mass is 10.0. The van der Waals surface area contributed by atoms with Crippen molar-refractivity contribution in [3.63, 3.8) is 0 Å². The number of halogens is 4. The molecule has 1 fully saturated rings. The molecule has 2 aromatic heterocycles. The molecule has 1 aliphatic rings. The van der Waals surface area contributed by atoms with E-state index in [-0.39, 0.29) is 54.3 Å². The number of nitrogens with one attached hydrogen (secondary N) is 1. The summed E-state index contributed by atoms with van der Waals surface area (Å²) < 4.78 is 63.6. The van der Waals surface area contributed by atoms with Gasteiger partial charge >= 0.3 is 6.09 Å². The lowest BCUT2D eigenvalue weighted by Crippen LogP contribution is -2.45. The molecule has 0 radical (unpaired) electrons. The number of pyridine rings is 1. The van der Waals surface area contributed by atoms with Crippen LogP contribution in [-0.4, -0.2) is 64.2 Å². The zero-order valence-electron chi connectivity index (χ0n) is 17.9. The minimum Gasteiger partial charge on any atom is -0.465 e. The number of carbonyl (C=O) groups is 2. The van der Waals surface area contributed by atoms with Gasteiger partial charge in [-0.3, -0.25) is 4.79 Å². The maximum atomic E-state index is 15.0. The van der Waals surface area contributed by atoms with E-state index in [1.165, 1.54) is 23.7 Å². The van der Waals surface area contributed by atoms with Crippen molar-refractivity contribution in [1.82, 2.24) is 19.6 Å². The third kappa shape index (κ3) is 4.40. The molecule has 0 aliphatic carbocycles. The van der Waals surface area contributed by atoms with E-state index in [0.29, 0.717) is 0 Å². The molecule has 12 heteroatoms. The Balaban J connectivity index is 1.84. The summed E-state index contributed by atoms with van der Waals surface area (Å²) in [5.41, 5.74) is -0.963. The van der Waals surface area contributed by atoms with Crippen LogP contribution in [0.5, 0.6) is 0 Å². The Morgan fingerprint density at radius 1 is 1.26 bits per heavy atom. The van der Waals surface area contributed by atoms with Crippen LogP contribution in [0.4, 0.5) is 22.4 Å². The fourth-order valence-corrected chi connectivity index (χ4v) is 3.95. The van der Waals surface area contributed by atoms with Crippen LogP contribution in [0, 0.1) is 11.6 Å². The van der Waals surface area contributed by atoms with E-state index in [2.05, 4.69) is 10.3 Å². The summed E-state index contributed by atoms with van der Waals surface area (Å²) in [6.07, 6.45) is -3.25. The molecule has 1 aromatic carbocycles. The largest absolute Gasteiger partial charge is 0.465 e. The number of imidazole rings is 1. The second-order valence-electron chi connectivity index (χ2n) is 7.72. The average Bonchev–Trinajstić information content (AvgIpc) is 3.15. The first kappa shape index (κ1) is 23.5. The Morgan fingerprint density at radius 2 is 1.97 bits per heavy atom. The van der Waals surface area contributed by atoms with Crippen molar-refractivity contribution >= 4 is 17.6 Å². The number of nitrogens with zero attached hydrogens (tertiary/aromatic N) is 3. The van der Waals surface area contributed by atoms with Gasteiger partial charge in [0.05, 0.1) is 36.2 Å². The maximum Gasteiger partial charge on any atom is 0.407 e. The minimum atomic E-state index is -2.78. The number of fused-ring (bicyclic) bond motifs is 1. The third-order valence-corrected chi connectivity index (χ3v) is 5.60. The van der Waals surface area contributed by atoms with Gasteiger partial charge < -0.3 is 24.5 Å². The van der Waals surface area contributed by atoms with Crippen LogP contribution in [0.3, 0.4) is 0 Å². The van der Waals surface area contributed by atoms with Gasteiger partial charge in [-0.05, 0) is 24.3 Å². The summed E-state index contributed by atoms with van der Waals surface area (Å²) in [5, 5.41) is 11.6. The zero-order chi connectivity index (χ0) is 24.6. The van der Waals surface area contributed by atoms with E-state index in [9.17, 15) is 23.5 Å². The number of benzene rings is 1.